The number of rotatable bonds is 3. The zero-order chi connectivity index (χ0) is 14.0. The molecule has 1 aliphatic heterocycles. The maximum atomic E-state index is 13.7. The van der Waals surface area contributed by atoms with E-state index >= 15 is 0 Å². The van der Waals surface area contributed by atoms with Crippen molar-refractivity contribution in [1.29, 1.82) is 0 Å². The number of halogens is 1. The van der Waals surface area contributed by atoms with Gasteiger partial charge in [0.2, 0.25) is 0 Å². The van der Waals surface area contributed by atoms with Crippen molar-refractivity contribution in [2.45, 2.75) is 32.6 Å². The van der Waals surface area contributed by atoms with Gasteiger partial charge in [-0.25, -0.2) is 9.18 Å². The molecule has 1 aliphatic rings. The molecule has 0 saturated carbocycles. The van der Waals surface area contributed by atoms with E-state index < -0.39 is 5.97 Å². The van der Waals surface area contributed by atoms with Crippen LogP contribution in [0.1, 0.15) is 29.8 Å². The van der Waals surface area contributed by atoms with E-state index in [1.54, 1.807) is 0 Å². The fraction of sp³-hybridized carbons (Fsp3) is 0.500. The monoisotopic (exact) mass is 267 g/mol. The minimum atomic E-state index is -1.04. The Morgan fingerprint density at radius 1 is 1.42 bits per heavy atom. The number of carboxylic acid groups (broad SMARTS) is 1. The topological polar surface area (TPSA) is 49.8 Å². The predicted octanol–water partition coefficient (Wildman–Crippen LogP) is 2.13. The molecule has 2 rings (SSSR count). The Morgan fingerprint density at radius 3 is 2.63 bits per heavy atom. The molecule has 0 bridgehead atoms. The van der Waals surface area contributed by atoms with E-state index in [2.05, 4.69) is 4.90 Å². The molecule has 1 fully saturated rings. The lowest BCUT2D eigenvalue weighted by Gasteiger charge is -2.35. The third kappa shape index (κ3) is 3.52. The fourth-order valence-corrected chi connectivity index (χ4v) is 2.48. The zero-order valence-electron chi connectivity index (χ0n) is 11.1. The molecule has 0 spiro atoms. The molecule has 2 unspecified atom stereocenters. The van der Waals surface area contributed by atoms with Crippen molar-refractivity contribution in [2.24, 2.45) is 0 Å². The summed E-state index contributed by atoms with van der Waals surface area (Å²) in [5.41, 5.74) is 0.534. The molecule has 0 aromatic heterocycles. The van der Waals surface area contributed by atoms with E-state index in [0.717, 1.165) is 13.1 Å². The number of nitrogens with zero attached hydrogens (tertiary/aromatic N) is 1. The Kier molecular flexibility index (Phi) is 4.17. The van der Waals surface area contributed by atoms with Crippen LogP contribution in [0, 0.1) is 5.82 Å². The molecule has 1 heterocycles. The summed E-state index contributed by atoms with van der Waals surface area (Å²) in [7, 11) is 0. The van der Waals surface area contributed by atoms with Crippen molar-refractivity contribution >= 4 is 5.97 Å². The maximum absolute atomic E-state index is 13.7. The summed E-state index contributed by atoms with van der Waals surface area (Å²) in [6.07, 6.45) is 0.212. The molecule has 2 atom stereocenters. The van der Waals surface area contributed by atoms with Crippen LogP contribution in [0.15, 0.2) is 18.2 Å². The smallest absolute Gasteiger partial charge is 0.335 e. The molecule has 0 amide bonds. The van der Waals surface area contributed by atoms with Crippen LogP contribution in [0.3, 0.4) is 0 Å². The number of hydrogen-bond donors (Lipinski definition) is 1. The SMILES string of the molecule is CC1CN(Cc2cc(C(=O)O)ccc2F)CC(C)O1. The first-order valence-corrected chi connectivity index (χ1v) is 6.35. The van der Waals surface area contributed by atoms with Crippen molar-refractivity contribution in [2.75, 3.05) is 13.1 Å². The lowest BCUT2D eigenvalue weighted by molar-refractivity contribution is -0.0707. The van der Waals surface area contributed by atoms with Gasteiger partial charge in [-0.15, -0.1) is 0 Å². The van der Waals surface area contributed by atoms with Gasteiger partial charge in [-0.05, 0) is 32.0 Å². The first-order chi connectivity index (χ1) is 8.95. The van der Waals surface area contributed by atoms with E-state index in [1.807, 2.05) is 13.8 Å². The predicted molar refractivity (Wildman–Crippen MR) is 68.6 cm³/mol. The second-order valence-electron chi connectivity index (χ2n) is 5.06. The van der Waals surface area contributed by atoms with Gasteiger partial charge in [0, 0.05) is 25.2 Å². The van der Waals surface area contributed by atoms with Crippen LogP contribution >= 0.6 is 0 Å². The van der Waals surface area contributed by atoms with E-state index in [9.17, 15) is 9.18 Å². The maximum Gasteiger partial charge on any atom is 0.335 e. The van der Waals surface area contributed by atoms with Gasteiger partial charge >= 0.3 is 5.97 Å². The molecule has 104 valence electrons. The van der Waals surface area contributed by atoms with Crippen molar-refractivity contribution in [1.82, 2.24) is 4.90 Å². The second kappa shape index (κ2) is 5.67. The van der Waals surface area contributed by atoms with E-state index in [4.69, 9.17) is 9.84 Å². The molecule has 1 aromatic rings. The van der Waals surface area contributed by atoms with Crippen molar-refractivity contribution in [3.8, 4) is 0 Å². The quantitative estimate of drug-likeness (QED) is 0.911. The van der Waals surface area contributed by atoms with E-state index in [0.29, 0.717) is 12.1 Å². The fourth-order valence-electron chi connectivity index (χ4n) is 2.48. The molecule has 1 N–H and O–H groups in total. The van der Waals surface area contributed by atoms with Gasteiger partial charge in [0.25, 0.3) is 0 Å². The first-order valence-electron chi connectivity index (χ1n) is 6.35. The average molecular weight is 267 g/mol. The Hall–Kier alpha value is -1.46. The molecular formula is C14H18FNO3. The van der Waals surface area contributed by atoms with Crippen LogP contribution in [0.4, 0.5) is 4.39 Å². The molecule has 19 heavy (non-hydrogen) atoms. The summed E-state index contributed by atoms with van der Waals surface area (Å²) >= 11 is 0. The van der Waals surface area contributed by atoms with Gasteiger partial charge in [-0.2, -0.15) is 0 Å². The molecule has 1 aromatic carbocycles. The summed E-state index contributed by atoms with van der Waals surface area (Å²) in [5, 5.41) is 8.93. The zero-order valence-corrected chi connectivity index (χ0v) is 11.1. The highest BCUT2D eigenvalue weighted by atomic mass is 19.1. The molecule has 1 saturated heterocycles. The standard InChI is InChI=1S/C14H18FNO3/c1-9-6-16(7-10(2)19-9)8-12-5-11(14(17)18)3-4-13(12)15/h3-5,9-10H,6-8H2,1-2H3,(H,17,18). The van der Waals surface area contributed by atoms with Gasteiger partial charge in [0.05, 0.1) is 17.8 Å². The third-order valence-corrected chi connectivity index (χ3v) is 3.18. The molecular weight excluding hydrogens is 249 g/mol. The summed E-state index contributed by atoms with van der Waals surface area (Å²) in [6, 6.07) is 3.90. The van der Waals surface area contributed by atoms with Crippen molar-refractivity contribution in [3.05, 3.63) is 35.1 Å². The number of carbonyl (C=O) groups is 1. The van der Waals surface area contributed by atoms with Crippen LogP contribution in [0.25, 0.3) is 0 Å². The summed E-state index contributed by atoms with van der Waals surface area (Å²) in [4.78, 5) is 13.0. The Labute approximate surface area is 111 Å². The summed E-state index contributed by atoms with van der Waals surface area (Å²) < 4.78 is 19.3. The van der Waals surface area contributed by atoms with E-state index in [1.165, 1.54) is 18.2 Å². The Morgan fingerprint density at radius 2 is 2.05 bits per heavy atom. The average Bonchev–Trinajstić information content (AvgIpc) is 2.30. The summed E-state index contributed by atoms with van der Waals surface area (Å²) in [6.45, 7) is 5.81. The number of ether oxygens (including phenoxy) is 1. The molecule has 4 nitrogen and oxygen atoms in total. The Bertz CT molecular complexity index is 468. The van der Waals surface area contributed by atoms with Crippen LogP contribution in [-0.4, -0.2) is 41.3 Å². The minimum absolute atomic E-state index is 0.106. The number of morpholine rings is 1. The Balaban J connectivity index is 2.13. The largest absolute Gasteiger partial charge is 0.478 e. The second-order valence-corrected chi connectivity index (χ2v) is 5.06. The van der Waals surface area contributed by atoms with Gasteiger partial charge < -0.3 is 9.84 Å². The van der Waals surface area contributed by atoms with Crippen molar-refractivity contribution < 1.29 is 19.0 Å². The first kappa shape index (κ1) is 14.0. The lowest BCUT2D eigenvalue weighted by Crippen LogP contribution is -2.44. The normalized spacial score (nSPS) is 24.4. The summed E-state index contributed by atoms with van der Waals surface area (Å²) in [5.74, 6) is -1.40. The molecule has 0 aliphatic carbocycles. The number of hydrogen-bond acceptors (Lipinski definition) is 3. The van der Waals surface area contributed by atoms with Crippen LogP contribution in [0.5, 0.6) is 0 Å². The highest BCUT2D eigenvalue weighted by Crippen LogP contribution is 2.17. The third-order valence-electron chi connectivity index (χ3n) is 3.18. The molecule has 0 radical (unpaired) electrons. The lowest BCUT2D eigenvalue weighted by atomic mass is 10.1. The van der Waals surface area contributed by atoms with Crippen LogP contribution in [-0.2, 0) is 11.3 Å². The molecule has 5 heteroatoms. The van der Waals surface area contributed by atoms with Gasteiger partial charge in [-0.1, -0.05) is 0 Å². The minimum Gasteiger partial charge on any atom is -0.478 e. The number of carboxylic acids is 1. The van der Waals surface area contributed by atoms with Gasteiger partial charge in [0.1, 0.15) is 5.82 Å². The van der Waals surface area contributed by atoms with Crippen molar-refractivity contribution in [3.63, 3.8) is 0 Å². The highest BCUT2D eigenvalue weighted by Gasteiger charge is 2.23. The van der Waals surface area contributed by atoms with Crippen LogP contribution < -0.4 is 0 Å². The number of aromatic carboxylic acids is 1. The van der Waals surface area contributed by atoms with Crippen LogP contribution in [0.2, 0.25) is 0 Å². The highest BCUT2D eigenvalue weighted by molar-refractivity contribution is 5.87. The number of benzene rings is 1. The van der Waals surface area contributed by atoms with Gasteiger partial charge in [-0.3, -0.25) is 4.90 Å². The van der Waals surface area contributed by atoms with E-state index in [-0.39, 0.29) is 23.6 Å². The van der Waals surface area contributed by atoms with Gasteiger partial charge in [0.15, 0.2) is 0 Å².